The molecule has 1 unspecified atom stereocenters. The van der Waals surface area contributed by atoms with E-state index in [9.17, 15) is 9.90 Å². The molecule has 0 aliphatic carbocycles. The van der Waals surface area contributed by atoms with Gasteiger partial charge < -0.3 is 19.7 Å². The van der Waals surface area contributed by atoms with Crippen molar-refractivity contribution in [1.82, 2.24) is 0 Å². The molecule has 1 saturated heterocycles. The van der Waals surface area contributed by atoms with Crippen LogP contribution in [0.15, 0.2) is 40.8 Å². The van der Waals surface area contributed by atoms with E-state index in [-0.39, 0.29) is 11.7 Å². The monoisotopic (exact) mass is 393 g/mol. The number of piperidine rings is 1. The molecule has 1 fully saturated rings. The summed E-state index contributed by atoms with van der Waals surface area (Å²) in [4.78, 5) is 14.6. The molecule has 0 saturated carbocycles. The normalized spacial score (nSPS) is 19.4. The second kappa shape index (κ2) is 7.91. The predicted molar refractivity (Wildman–Crippen MR) is 115 cm³/mol. The number of quaternary nitrogens is 1. The van der Waals surface area contributed by atoms with Gasteiger partial charge in [0.25, 0.3) is 5.91 Å². The van der Waals surface area contributed by atoms with Crippen molar-refractivity contribution in [3.8, 4) is 5.75 Å². The highest BCUT2D eigenvalue weighted by Gasteiger charge is 2.28. The minimum atomic E-state index is -0.210. The molecule has 29 heavy (non-hydrogen) atoms. The van der Waals surface area contributed by atoms with Crippen molar-refractivity contribution in [3.05, 3.63) is 58.8 Å². The Labute approximate surface area is 171 Å². The van der Waals surface area contributed by atoms with Gasteiger partial charge in [0.2, 0.25) is 0 Å². The molecule has 1 aromatic heterocycles. The van der Waals surface area contributed by atoms with Gasteiger partial charge in [0.05, 0.1) is 23.7 Å². The summed E-state index contributed by atoms with van der Waals surface area (Å²) in [6.07, 6.45) is 3.65. The third kappa shape index (κ3) is 3.87. The first-order valence-electron chi connectivity index (χ1n) is 10.4. The average Bonchev–Trinajstić information content (AvgIpc) is 3.03. The first kappa shape index (κ1) is 19.5. The number of hydrogen-bond acceptors (Lipinski definition) is 3. The smallest absolute Gasteiger partial charge is 0.259 e. The molecule has 5 nitrogen and oxygen atoms in total. The van der Waals surface area contributed by atoms with Gasteiger partial charge in [-0.2, -0.15) is 0 Å². The molecule has 2 aromatic carbocycles. The van der Waals surface area contributed by atoms with E-state index in [1.807, 2.05) is 31.2 Å². The number of carbonyl (C=O) groups excluding carboxylic acids is 1. The number of anilines is 1. The van der Waals surface area contributed by atoms with Gasteiger partial charge in [0.15, 0.2) is 0 Å². The van der Waals surface area contributed by atoms with Crippen molar-refractivity contribution < 1.29 is 19.2 Å². The summed E-state index contributed by atoms with van der Waals surface area (Å²) in [6, 6.07) is 11.7. The van der Waals surface area contributed by atoms with E-state index in [4.69, 9.17) is 4.42 Å². The molecule has 2 atom stereocenters. The molecular weight excluding hydrogens is 364 g/mol. The van der Waals surface area contributed by atoms with Crippen LogP contribution in [0.3, 0.4) is 0 Å². The Morgan fingerprint density at radius 2 is 1.93 bits per heavy atom. The van der Waals surface area contributed by atoms with Crippen molar-refractivity contribution in [2.75, 3.05) is 11.9 Å². The van der Waals surface area contributed by atoms with Gasteiger partial charge in [-0.15, -0.1) is 0 Å². The molecule has 4 rings (SSSR count). The van der Waals surface area contributed by atoms with Crippen molar-refractivity contribution >= 4 is 22.6 Å². The Balaban J connectivity index is 1.73. The lowest BCUT2D eigenvalue weighted by Crippen LogP contribution is -3.14. The maximum atomic E-state index is 13.2. The fourth-order valence-electron chi connectivity index (χ4n) is 4.39. The van der Waals surface area contributed by atoms with Crippen LogP contribution in [-0.2, 0) is 6.54 Å². The van der Waals surface area contributed by atoms with Crippen LogP contribution in [0.4, 0.5) is 5.69 Å². The largest absolute Gasteiger partial charge is 0.507 e. The van der Waals surface area contributed by atoms with Gasteiger partial charge in [-0.25, -0.2) is 0 Å². The number of hydrogen-bond donors (Lipinski definition) is 3. The molecule has 1 aliphatic heterocycles. The highest BCUT2D eigenvalue weighted by molar-refractivity contribution is 6.14. The third-order valence-corrected chi connectivity index (χ3v) is 6.14. The number of furan rings is 1. The summed E-state index contributed by atoms with van der Waals surface area (Å²) in [5.74, 6) is 0.588. The number of nitrogens with one attached hydrogen (secondary N) is 2. The van der Waals surface area contributed by atoms with Crippen molar-refractivity contribution in [3.63, 3.8) is 0 Å². The van der Waals surface area contributed by atoms with Crippen LogP contribution in [0.5, 0.6) is 5.75 Å². The van der Waals surface area contributed by atoms with Crippen LogP contribution in [0.2, 0.25) is 0 Å². The number of carbonyl (C=O) groups is 1. The zero-order valence-electron chi connectivity index (χ0n) is 17.3. The van der Waals surface area contributed by atoms with Crippen molar-refractivity contribution in [2.24, 2.45) is 0 Å². The van der Waals surface area contributed by atoms with Crippen LogP contribution >= 0.6 is 0 Å². The first-order valence-corrected chi connectivity index (χ1v) is 10.4. The van der Waals surface area contributed by atoms with Crippen molar-refractivity contribution in [2.45, 2.75) is 52.6 Å². The summed E-state index contributed by atoms with van der Waals surface area (Å²) in [5, 5.41) is 14.4. The molecule has 0 bridgehead atoms. The van der Waals surface area contributed by atoms with Crippen LogP contribution in [0.25, 0.3) is 11.0 Å². The molecule has 2 heterocycles. The fourth-order valence-corrected chi connectivity index (χ4v) is 4.39. The van der Waals surface area contributed by atoms with E-state index in [0.29, 0.717) is 29.5 Å². The van der Waals surface area contributed by atoms with Crippen LogP contribution in [-0.4, -0.2) is 23.6 Å². The number of fused-ring (bicyclic) bond motifs is 1. The van der Waals surface area contributed by atoms with Gasteiger partial charge >= 0.3 is 0 Å². The number of benzene rings is 2. The van der Waals surface area contributed by atoms with E-state index in [0.717, 1.165) is 28.7 Å². The second-order valence-corrected chi connectivity index (χ2v) is 8.27. The van der Waals surface area contributed by atoms with E-state index < -0.39 is 0 Å². The topological polar surface area (TPSA) is 66.9 Å². The number of aryl methyl sites for hydroxylation is 2. The Morgan fingerprint density at radius 3 is 2.66 bits per heavy atom. The lowest BCUT2D eigenvalue weighted by molar-refractivity contribution is -0.941. The van der Waals surface area contributed by atoms with Gasteiger partial charge in [-0.05, 0) is 64.3 Å². The average molecular weight is 394 g/mol. The Hall–Kier alpha value is -2.79. The lowest BCUT2D eigenvalue weighted by Gasteiger charge is -2.30. The molecule has 152 valence electrons. The summed E-state index contributed by atoms with van der Waals surface area (Å²) in [6.45, 7) is 7.85. The van der Waals surface area contributed by atoms with Gasteiger partial charge in [0.1, 0.15) is 23.6 Å². The number of amides is 1. The first-order chi connectivity index (χ1) is 13.9. The van der Waals surface area contributed by atoms with Crippen molar-refractivity contribution in [1.29, 1.82) is 0 Å². The van der Waals surface area contributed by atoms with Crippen LogP contribution < -0.4 is 10.2 Å². The Morgan fingerprint density at radius 1 is 1.17 bits per heavy atom. The lowest BCUT2D eigenvalue weighted by atomic mass is 9.99. The number of aromatic hydroxyl groups is 1. The number of rotatable bonds is 4. The van der Waals surface area contributed by atoms with Gasteiger partial charge in [-0.1, -0.05) is 17.7 Å². The summed E-state index contributed by atoms with van der Waals surface area (Å²) >= 11 is 0. The molecule has 0 radical (unpaired) electrons. The molecule has 1 amide bonds. The number of likely N-dealkylation sites (tertiary alicyclic amines) is 1. The van der Waals surface area contributed by atoms with E-state index in [1.54, 1.807) is 19.1 Å². The highest BCUT2D eigenvalue weighted by atomic mass is 16.3. The van der Waals surface area contributed by atoms with E-state index >= 15 is 0 Å². The van der Waals surface area contributed by atoms with Crippen LogP contribution in [0, 0.1) is 13.8 Å². The molecule has 3 aromatic rings. The second-order valence-electron chi connectivity index (χ2n) is 8.27. The quantitative estimate of drug-likeness (QED) is 0.628. The van der Waals surface area contributed by atoms with E-state index in [2.05, 4.69) is 12.2 Å². The van der Waals surface area contributed by atoms with Gasteiger partial charge in [-0.3, -0.25) is 4.79 Å². The molecule has 1 aliphatic rings. The Bertz CT molecular complexity index is 1040. The molecular formula is C24H29N2O3+. The third-order valence-electron chi connectivity index (χ3n) is 6.14. The maximum absolute atomic E-state index is 13.2. The summed E-state index contributed by atoms with van der Waals surface area (Å²) in [5.41, 5.74) is 3.84. The predicted octanol–water partition coefficient (Wildman–Crippen LogP) is 3.96. The number of phenols is 1. The minimum absolute atomic E-state index is 0.210. The van der Waals surface area contributed by atoms with Gasteiger partial charge in [0, 0.05) is 11.1 Å². The SMILES string of the molecule is Cc1ccc(NC(=O)c2c(C)oc3ccc(O)c(C[NH+]4CCCC[C@@H]4C)c23)cc1. The number of phenolic OH excluding ortho intramolecular Hbond substituents is 1. The minimum Gasteiger partial charge on any atom is -0.507 e. The molecule has 0 spiro atoms. The molecule has 5 heteroatoms. The maximum Gasteiger partial charge on any atom is 0.259 e. The zero-order chi connectivity index (χ0) is 20.5. The Kier molecular flexibility index (Phi) is 5.33. The zero-order valence-corrected chi connectivity index (χ0v) is 17.3. The van der Waals surface area contributed by atoms with Crippen LogP contribution in [0.1, 0.15) is 53.4 Å². The van der Waals surface area contributed by atoms with E-state index in [1.165, 1.54) is 24.2 Å². The molecule has 3 N–H and O–H groups in total. The fraction of sp³-hybridized carbons (Fsp3) is 0.375. The standard InChI is InChI=1S/C24H28N2O3/c1-15-7-9-18(10-8-15)25-24(28)22-17(3)29-21-12-11-20(27)19(23(21)22)14-26-13-5-4-6-16(26)2/h7-12,16,27H,4-6,13-14H2,1-3H3,(H,25,28)/p+1/t16-/m0/s1. The summed E-state index contributed by atoms with van der Waals surface area (Å²) in [7, 11) is 0. The summed E-state index contributed by atoms with van der Waals surface area (Å²) < 4.78 is 5.91. The highest BCUT2D eigenvalue weighted by Crippen LogP contribution is 2.34.